The summed E-state index contributed by atoms with van der Waals surface area (Å²) in [5, 5.41) is 2.85. The Morgan fingerprint density at radius 2 is 1.87 bits per heavy atom. The number of aryl methyl sites for hydroxylation is 1. The van der Waals surface area contributed by atoms with Crippen LogP contribution in [-0.4, -0.2) is 68.7 Å². The maximum atomic E-state index is 13.4. The van der Waals surface area contributed by atoms with Gasteiger partial charge in [0.15, 0.2) is 5.82 Å². The van der Waals surface area contributed by atoms with Gasteiger partial charge in [0.05, 0.1) is 12.5 Å². The van der Waals surface area contributed by atoms with Gasteiger partial charge in [-0.25, -0.2) is 15.0 Å². The van der Waals surface area contributed by atoms with Crippen LogP contribution in [0.15, 0.2) is 18.6 Å². The summed E-state index contributed by atoms with van der Waals surface area (Å²) in [5.41, 5.74) is -1.16. The molecule has 0 aliphatic carbocycles. The molecular weight excluding hydrogens is 413 g/mol. The van der Waals surface area contributed by atoms with Crippen molar-refractivity contribution in [2.24, 2.45) is 7.05 Å². The Hall–Kier alpha value is -2.53. The summed E-state index contributed by atoms with van der Waals surface area (Å²) >= 11 is 0. The zero-order valence-corrected chi connectivity index (χ0v) is 17.2. The van der Waals surface area contributed by atoms with Crippen molar-refractivity contribution in [3.8, 4) is 11.5 Å². The molecule has 0 unspecified atom stereocenters. The van der Waals surface area contributed by atoms with Gasteiger partial charge in [-0.1, -0.05) is 0 Å². The third kappa shape index (κ3) is 5.04. The number of hydrogen-bond donors (Lipinski definition) is 1. The van der Waals surface area contributed by atoms with E-state index in [-0.39, 0.29) is 17.6 Å². The van der Waals surface area contributed by atoms with Crippen LogP contribution in [0.3, 0.4) is 0 Å². The second-order valence-electron chi connectivity index (χ2n) is 7.98. The second kappa shape index (κ2) is 8.91. The lowest BCUT2D eigenvalue weighted by Crippen LogP contribution is -2.49. The number of hydrogen-bond acceptors (Lipinski definition) is 6. The van der Waals surface area contributed by atoms with Gasteiger partial charge in [0.2, 0.25) is 0 Å². The number of halogens is 3. The summed E-state index contributed by atoms with van der Waals surface area (Å²) in [6.45, 7) is 3.23. The Morgan fingerprint density at radius 3 is 2.48 bits per heavy atom. The van der Waals surface area contributed by atoms with E-state index in [0.29, 0.717) is 17.8 Å². The molecule has 2 aromatic rings. The molecule has 8 nitrogen and oxygen atoms in total. The van der Waals surface area contributed by atoms with Gasteiger partial charge in [-0.3, -0.25) is 4.79 Å². The van der Waals surface area contributed by atoms with Crippen molar-refractivity contribution in [2.45, 2.75) is 43.9 Å². The molecule has 0 radical (unpaired) electrons. The van der Waals surface area contributed by atoms with Crippen molar-refractivity contribution in [3.05, 3.63) is 30.0 Å². The highest BCUT2D eigenvalue weighted by Gasteiger charge is 2.35. The van der Waals surface area contributed by atoms with E-state index in [1.165, 1.54) is 17.1 Å². The Kier molecular flexibility index (Phi) is 6.24. The molecule has 0 saturated carbocycles. The number of nitrogens with zero attached hydrogens (tertiary/aromatic N) is 5. The molecule has 2 fully saturated rings. The number of carbonyl (C=O) groups excluding carboxylic acids is 1. The van der Waals surface area contributed by atoms with E-state index in [1.54, 1.807) is 7.05 Å². The van der Waals surface area contributed by atoms with Crippen LogP contribution in [0.1, 0.15) is 41.9 Å². The van der Waals surface area contributed by atoms with Gasteiger partial charge >= 0.3 is 6.18 Å². The predicted octanol–water partition coefficient (Wildman–Crippen LogP) is 2.27. The van der Waals surface area contributed by atoms with Gasteiger partial charge in [-0.05, 0) is 25.7 Å². The molecule has 31 heavy (non-hydrogen) atoms. The molecule has 4 rings (SSSR count). The number of alkyl halides is 3. The maximum Gasteiger partial charge on any atom is 0.433 e. The van der Waals surface area contributed by atoms with Crippen molar-refractivity contribution in [1.29, 1.82) is 0 Å². The van der Waals surface area contributed by atoms with Crippen LogP contribution in [0.25, 0.3) is 11.5 Å². The van der Waals surface area contributed by atoms with Crippen LogP contribution in [0.2, 0.25) is 0 Å². The highest BCUT2D eigenvalue weighted by atomic mass is 19.4. The number of piperidine rings is 1. The SMILES string of the molecule is Cn1cncc1-c1nc(C(=O)NC2CCN(C3CCOCC3)CC2)cc(C(F)(F)F)n1. The number of aromatic nitrogens is 4. The predicted molar refractivity (Wildman–Crippen MR) is 105 cm³/mol. The molecular formula is C20H25F3N6O2. The number of ether oxygens (including phenoxy) is 1. The van der Waals surface area contributed by atoms with Crippen molar-refractivity contribution >= 4 is 5.91 Å². The van der Waals surface area contributed by atoms with Crippen LogP contribution in [0, 0.1) is 0 Å². The number of amides is 1. The van der Waals surface area contributed by atoms with Crippen LogP contribution in [-0.2, 0) is 18.0 Å². The number of likely N-dealkylation sites (tertiary alicyclic amines) is 1. The van der Waals surface area contributed by atoms with Crippen LogP contribution >= 0.6 is 0 Å². The standard InChI is InChI=1S/C20H25F3N6O2/c1-28-12-24-11-16(28)18-26-15(10-17(27-18)20(21,22)23)19(30)25-13-2-6-29(7-3-13)14-4-8-31-9-5-14/h10-14H,2-9H2,1H3,(H,25,30). The van der Waals surface area contributed by atoms with E-state index >= 15 is 0 Å². The highest BCUT2D eigenvalue weighted by Crippen LogP contribution is 2.29. The highest BCUT2D eigenvalue weighted by molar-refractivity contribution is 5.93. The molecule has 1 amide bonds. The smallest absolute Gasteiger partial charge is 0.381 e. The fraction of sp³-hybridized carbons (Fsp3) is 0.600. The molecule has 168 valence electrons. The van der Waals surface area contributed by atoms with E-state index < -0.39 is 17.8 Å². The quantitative estimate of drug-likeness (QED) is 0.789. The summed E-state index contributed by atoms with van der Waals surface area (Å²) in [5.74, 6) is -0.810. The van der Waals surface area contributed by atoms with Crippen LogP contribution in [0.4, 0.5) is 13.2 Å². The first kappa shape index (κ1) is 21.7. The number of nitrogens with one attached hydrogen (secondary N) is 1. The summed E-state index contributed by atoms with van der Waals surface area (Å²) < 4.78 is 47.0. The van der Waals surface area contributed by atoms with Gasteiger partial charge in [-0.2, -0.15) is 13.2 Å². The molecule has 0 atom stereocenters. The Balaban J connectivity index is 1.46. The molecule has 0 bridgehead atoms. The van der Waals surface area contributed by atoms with E-state index in [1.807, 2.05) is 0 Å². The number of rotatable bonds is 4. The van der Waals surface area contributed by atoms with E-state index in [4.69, 9.17) is 4.74 Å². The minimum absolute atomic E-state index is 0.104. The molecule has 4 heterocycles. The van der Waals surface area contributed by atoms with E-state index in [2.05, 4.69) is 25.2 Å². The molecule has 0 spiro atoms. The van der Waals surface area contributed by atoms with Gasteiger partial charge in [0.1, 0.15) is 17.1 Å². The minimum Gasteiger partial charge on any atom is -0.381 e. The molecule has 2 saturated heterocycles. The molecule has 2 aliphatic rings. The largest absolute Gasteiger partial charge is 0.433 e. The Bertz CT molecular complexity index is 918. The number of carbonyl (C=O) groups is 1. The average Bonchev–Trinajstić information content (AvgIpc) is 3.20. The first-order valence-corrected chi connectivity index (χ1v) is 10.4. The summed E-state index contributed by atoms with van der Waals surface area (Å²) in [6, 6.07) is 1.10. The lowest BCUT2D eigenvalue weighted by molar-refractivity contribution is -0.141. The van der Waals surface area contributed by atoms with Crippen molar-refractivity contribution in [1.82, 2.24) is 29.7 Å². The molecule has 11 heteroatoms. The maximum absolute atomic E-state index is 13.4. The first-order chi connectivity index (χ1) is 14.8. The van der Waals surface area contributed by atoms with Gasteiger partial charge in [0.25, 0.3) is 5.91 Å². The average molecular weight is 438 g/mol. The minimum atomic E-state index is -4.69. The van der Waals surface area contributed by atoms with Crippen LogP contribution < -0.4 is 5.32 Å². The van der Waals surface area contributed by atoms with Gasteiger partial charge < -0.3 is 19.5 Å². The van der Waals surface area contributed by atoms with E-state index in [9.17, 15) is 18.0 Å². The summed E-state index contributed by atoms with van der Waals surface area (Å²) in [6.07, 6.45) is 1.61. The fourth-order valence-electron chi connectivity index (χ4n) is 4.11. The topological polar surface area (TPSA) is 85.2 Å². The van der Waals surface area contributed by atoms with Crippen molar-refractivity contribution < 1.29 is 22.7 Å². The fourth-order valence-corrected chi connectivity index (χ4v) is 4.11. The monoisotopic (exact) mass is 438 g/mol. The third-order valence-corrected chi connectivity index (χ3v) is 5.87. The van der Waals surface area contributed by atoms with Crippen molar-refractivity contribution in [3.63, 3.8) is 0 Å². The third-order valence-electron chi connectivity index (χ3n) is 5.87. The first-order valence-electron chi connectivity index (χ1n) is 10.4. The molecule has 2 aliphatic heterocycles. The summed E-state index contributed by atoms with van der Waals surface area (Å²) in [4.78, 5) is 26.8. The lowest BCUT2D eigenvalue weighted by Gasteiger charge is -2.39. The second-order valence-corrected chi connectivity index (χ2v) is 7.98. The Labute approximate surface area is 177 Å². The Morgan fingerprint density at radius 1 is 1.16 bits per heavy atom. The molecule has 2 aromatic heterocycles. The summed E-state index contributed by atoms with van der Waals surface area (Å²) in [7, 11) is 1.62. The van der Waals surface area contributed by atoms with E-state index in [0.717, 1.165) is 52.0 Å². The van der Waals surface area contributed by atoms with Gasteiger partial charge in [0, 0.05) is 51.5 Å². The molecule has 0 aromatic carbocycles. The van der Waals surface area contributed by atoms with Crippen LogP contribution in [0.5, 0.6) is 0 Å². The molecule has 1 N–H and O–H groups in total. The lowest BCUT2D eigenvalue weighted by atomic mass is 9.99. The number of imidazole rings is 1. The van der Waals surface area contributed by atoms with Crippen molar-refractivity contribution in [2.75, 3.05) is 26.3 Å². The zero-order valence-electron chi connectivity index (χ0n) is 17.2. The van der Waals surface area contributed by atoms with Gasteiger partial charge in [-0.15, -0.1) is 0 Å². The zero-order chi connectivity index (χ0) is 22.0. The normalized spacial score (nSPS) is 19.5.